The van der Waals surface area contributed by atoms with Crippen molar-refractivity contribution in [2.45, 2.75) is 19.8 Å². The Hall–Kier alpha value is 0.380. The van der Waals surface area contributed by atoms with Crippen LogP contribution in [0.1, 0.15) is 19.8 Å². The third-order valence-electron chi connectivity index (χ3n) is 1.09. The summed E-state index contributed by atoms with van der Waals surface area (Å²) >= 11 is 0. The fourth-order valence-corrected chi connectivity index (χ4v) is 0.995. The maximum Gasteiger partial charge on any atom is 1.00 e. The molecule has 0 saturated heterocycles. The number of carbonyl (C=O) groups is 1. The zero-order valence-electron chi connectivity index (χ0n) is 7.78. The summed E-state index contributed by atoms with van der Waals surface area (Å²) in [6, 6.07) is 0. The molecule has 0 radical (unpaired) electrons. The van der Waals surface area contributed by atoms with Gasteiger partial charge in [0.1, 0.15) is 0 Å². The van der Waals surface area contributed by atoms with Gasteiger partial charge in [0.05, 0.1) is 16.7 Å². The number of rotatable bonds is 5. The Morgan fingerprint density at radius 3 is 2.38 bits per heavy atom. The van der Waals surface area contributed by atoms with Gasteiger partial charge in [-0.05, 0) is 6.42 Å². The van der Waals surface area contributed by atoms with Gasteiger partial charge in [-0.1, -0.05) is 6.92 Å². The van der Waals surface area contributed by atoms with Crippen molar-refractivity contribution in [2.24, 2.45) is 0 Å². The summed E-state index contributed by atoms with van der Waals surface area (Å²) in [6.45, 7) is 1.63. The van der Waals surface area contributed by atoms with Gasteiger partial charge in [0.15, 0.2) is 0 Å². The topological polar surface area (TPSA) is 83.5 Å². The Morgan fingerprint density at radius 2 is 2.00 bits per heavy atom. The first-order valence-electron chi connectivity index (χ1n) is 3.55. The first-order valence-corrected chi connectivity index (χ1v) is 5.12. The molecule has 72 valence electrons. The molecule has 0 bridgehead atoms. The van der Waals surface area contributed by atoms with Crippen molar-refractivity contribution in [3.63, 3.8) is 0 Å². The van der Waals surface area contributed by atoms with Gasteiger partial charge in [-0.3, -0.25) is 4.79 Å². The molecular formula is C6H11NaO5S. The van der Waals surface area contributed by atoms with Crippen molar-refractivity contribution in [1.82, 2.24) is 0 Å². The molecule has 0 N–H and O–H groups in total. The Labute approximate surface area is 99.9 Å². The van der Waals surface area contributed by atoms with Gasteiger partial charge in [-0.25, -0.2) is 8.42 Å². The molecule has 0 aliphatic carbocycles. The summed E-state index contributed by atoms with van der Waals surface area (Å²) in [7, 11) is -4.17. The average Bonchev–Trinajstić information content (AvgIpc) is 1.96. The molecule has 0 spiro atoms. The molecule has 0 aromatic rings. The van der Waals surface area contributed by atoms with Crippen molar-refractivity contribution < 1.29 is 52.1 Å². The van der Waals surface area contributed by atoms with E-state index in [-0.39, 0.29) is 49.0 Å². The average molecular weight is 218 g/mol. The maximum absolute atomic E-state index is 10.5. The summed E-state index contributed by atoms with van der Waals surface area (Å²) in [6.07, 6.45) is 0.321. The second-order valence-electron chi connectivity index (χ2n) is 2.19. The molecule has 0 aliphatic heterocycles. The Morgan fingerprint density at radius 1 is 1.46 bits per heavy atom. The summed E-state index contributed by atoms with van der Waals surface area (Å²) in [5.74, 6) is -0.873. The van der Waals surface area contributed by atoms with Crippen LogP contribution in [0.25, 0.3) is 0 Å². The van der Waals surface area contributed by atoms with E-state index in [0.717, 1.165) is 0 Å². The van der Waals surface area contributed by atoms with Crippen LogP contribution in [0.5, 0.6) is 0 Å². The van der Waals surface area contributed by atoms with Gasteiger partial charge in [0.25, 0.3) is 0 Å². The molecule has 0 aromatic carbocycles. The molecule has 0 fully saturated rings. The van der Waals surface area contributed by atoms with Crippen LogP contribution >= 0.6 is 0 Å². The van der Waals surface area contributed by atoms with E-state index < -0.39 is 21.8 Å². The van der Waals surface area contributed by atoms with E-state index in [0.29, 0.717) is 0 Å². The molecule has 0 atom stereocenters. The van der Waals surface area contributed by atoms with Crippen molar-refractivity contribution in [3.8, 4) is 0 Å². The number of ether oxygens (including phenoxy) is 1. The van der Waals surface area contributed by atoms with Gasteiger partial charge < -0.3 is 9.29 Å². The third kappa shape index (κ3) is 12.4. The minimum absolute atomic E-state index is 0. The Kier molecular flexibility index (Phi) is 9.44. The monoisotopic (exact) mass is 218 g/mol. The van der Waals surface area contributed by atoms with E-state index in [4.69, 9.17) is 0 Å². The van der Waals surface area contributed by atoms with Crippen LogP contribution in [0.15, 0.2) is 0 Å². The third-order valence-corrected chi connectivity index (χ3v) is 1.88. The number of hydrogen-bond donors (Lipinski definition) is 0. The van der Waals surface area contributed by atoms with Crippen molar-refractivity contribution in [3.05, 3.63) is 0 Å². The number of esters is 1. The van der Waals surface area contributed by atoms with Crippen molar-refractivity contribution in [1.29, 1.82) is 0 Å². The van der Waals surface area contributed by atoms with Gasteiger partial charge in [0, 0.05) is 12.2 Å². The summed E-state index contributed by atoms with van der Waals surface area (Å²) < 4.78 is 34.7. The number of carbonyl (C=O) groups excluding carboxylic acids is 1. The van der Waals surface area contributed by atoms with E-state index in [1.54, 1.807) is 6.92 Å². The smallest absolute Gasteiger partial charge is 0.748 e. The second-order valence-corrected chi connectivity index (χ2v) is 3.71. The van der Waals surface area contributed by atoms with Gasteiger partial charge in [0.2, 0.25) is 0 Å². The summed E-state index contributed by atoms with van der Waals surface area (Å²) in [5, 5.41) is 0. The van der Waals surface area contributed by atoms with E-state index in [2.05, 4.69) is 4.74 Å². The SMILES string of the molecule is CCC(=O)OCCCS(=O)(=O)[O-].[Na+]. The van der Waals surface area contributed by atoms with E-state index in [1.807, 2.05) is 0 Å². The normalized spacial score (nSPS) is 10.3. The van der Waals surface area contributed by atoms with Crippen LogP contribution < -0.4 is 29.6 Å². The van der Waals surface area contributed by atoms with Crippen LogP contribution in [-0.4, -0.2) is 31.3 Å². The minimum atomic E-state index is -4.17. The molecule has 0 aromatic heterocycles. The second kappa shape index (κ2) is 7.75. The molecule has 0 aliphatic rings. The largest absolute Gasteiger partial charge is 1.00 e. The number of hydrogen-bond acceptors (Lipinski definition) is 5. The van der Waals surface area contributed by atoms with Crippen LogP contribution in [0.3, 0.4) is 0 Å². The molecule has 7 heteroatoms. The summed E-state index contributed by atoms with van der Waals surface area (Å²) in [4.78, 5) is 10.5. The standard InChI is InChI=1S/C6H12O5S.Na/c1-2-6(7)11-4-3-5-12(8,9)10;/h2-5H2,1H3,(H,8,9,10);/q;+1/p-1. The van der Waals surface area contributed by atoms with Crippen LogP contribution in [-0.2, 0) is 19.6 Å². The Balaban J connectivity index is 0. The molecule has 5 nitrogen and oxygen atoms in total. The first kappa shape index (κ1) is 15.8. The van der Waals surface area contributed by atoms with Crippen LogP contribution in [0.2, 0.25) is 0 Å². The fraction of sp³-hybridized carbons (Fsp3) is 0.833. The molecule has 0 heterocycles. The molecule has 0 saturated carbocycles. The van der Waals surface area contributed by atoms with E-state index >= 15 is 0 Å². The zero-order chi connectivity index (χ0) is 9.61. The van der Waals surface area contributed by atoms with Crippen molar-refractivity contribution >= 4 is 16.1 Å². The van der Waals surface area contributed by atoms with Gasteiger partial charge in [-0.15, -0.1) is 0 Å². The van der Waals surface area contributed by atoms with Crippen LogP contribution in [0, 0.1) is 0 Å². The molecule has 0 amide bonds. The molecular weight excluding hydrogens is 207 g/mol. The predicted molar refractivity (Wildman–Crippen MR) is 40.4 cm³/mol. The van der Waals surface area contributed by atoms with Gasteiger partial charge >= 0.3 is 35.5 Å². The van der Waals surface area contributed by atoms with E-state index in [9.17, 15) is 17.8 Å². The van der Waals surface area contributed by atoms with E-state index in [1.165, 1.54) is 0 Å². The molecule has 0 unspecified atom stereocenters. The summed E-state index contributed by atoms with van der Waals surface area (Å²) in [5.41, 5.74) is 0. The minimum Gasteiger partial charge on any atom is -0.748 e. The molecule has 0 rings (SSSR count). The zero-order valence-corrected chi connectivity index (χ0v) is 10.6. The predicted octanol–water partition coefficient (Wildman–Crippen LogP) is -3.12. The first-order chi connectivity index (χ1) is 5.45. The van der Waals surface area contributed by atoms with Crippen LogP contribution in [0.4, 0.5) is 0 Å². The fourth-order valence-electron chi connectivity index (χ4n) is 0.524. The Bertz CT molecular complexity index is 235. The van der Waals surface area contributed by atoms with Gasteiger partial charge in [-0.2, -0.15) is 0 Å². The molecule has 13 heavy (non-hydrogen) atoms. The van der Waals surface area contributed by atoms with Crippen molar-refractivity contribution in [2.75, 3.05) is 12.4 Å². The quantitative estimate of drug-likeness (QED) is 0.211. The maximum atomic E-state index is 10.5.